The van der Waals surface area contributed by atoms with Crippen molar-refractivity contribution in [2.45, 2.75) is 45.2 Å². The van der Waals surface area contributed by atoms with E-state index in [-0.39, 0.29) is 0 Å². The first kappa shape index (κ1) is 13.6. The number of hydrogen-bond acceptors (Lipinski definition) is 2. The Morgan fingerprint density at radius 1 is 1.17 bits per heavy atom. The van der Waals surface area contributed by atoms with E-state index in [9.17, 15) is 0 Å². The minimum Gasteiger partial charge on any atom is -0.317 e. The number of aryl methyl sites for hydroxylation is 1. The summed E-state index contributed by atoms with van der Waals surface area (Å²) in [6.07, 6.45) is 3.89. The van der Waals surface area contributed by atoms with Gasteiger partial charge in [0.05, 0.1) is 0 Å². The zero-order chi connectivity index (χ0) is 13.0. The Balaban J connectivity index is 2.02. The number of nitrogens with one attached hydrogen (secondary N) is 1. The predicted octanol–water partition coefficient (Wildman–Crippen LogP) is 3.13. The lowest BCUT2D eigenvalue weighted by Gasteiger charge is -2.33. The van der Waals surface area contributed by atoms with Crippen LogP contribution in [-0.4, -0.2) is 31.1 Å². The second-order valence-electron chi connectivity index (χ2n) is 5.59. The van der Waals surface area contributed by atoms with Gasteiger partial charge in [-0.2, -0.15) is 0 Å². The Labute approximate surface area is 111 Å². The van der Waals surface area contributed by atoms with Crippen molar-refractivity contribution in [3.63, 3.8) is 0 Å². The molecule has 100 valence electrons. The van der Waals surface area contributed by atoms with E-state index in [4.69, 9.17) is 0 Å². The quantitative estimate of drug-likeness (QED) is 0.881. The van der Waals surface area contributed by atoms with Crippen LogP contribution >= 0.6 is 0 Å². The summed E-state index contributed by atoms with van der Waals surface area (Å²) in [6.45, 7) is 6.82. The van der Waals surface area contributed by atoms with Crippen LogP contribution in [-0.2, 0) is 0 Å². The van der Waals surface area contributed by atoms with E-state index in [2.05, 4.69) is 55.4 Å². The van der Waals surface area contributed by atoms with Gasteiger partial charge < -0.3 is 5.32 Å². The molecule has 0 spiro atoms. The van der Waals surface area contributed by atoms with E-state index in [1.807, 2.05) is 0 Å². The molecule has 2 unspecified atom stereocenters. The van der Waals surface area contributed by atoms with E-state index in [1.54, 1.807) is 0 Å². The van der Waals surface area contributed by atoms with E-state index in [0.717, 1.165) is 12.6 Å². The largest absolute Gasteiger partial charge is 0.317 e. The lowest BCUT2D eigenvalue weighted by Crippen LogP contribution is -2.34. The molecule has 2 rings (SSSR count). The minimum atomic E-state index is 0.508. The van der Waals surface area contributed by atoms with Gasteiger partial charge in [-0.1, -0.05) is 29.8 Å². The van der Waals surface area contributed by atoms with Gasteiger partial charge in [-0.15, -0.1) is 0 Å². The summed E-state index contributed by atoms with van der Waals surface area (Å²) in [5.41, 5.74) is 2.77. The van der Waals surface area contributed by atoms with Crippen molar-refractivity contribution < 1.29 is 0 Å². The number of hydrogen-bond donors (Lipinski definition) is 1. The highest BCUT2D eigenvalue weighted by Crippen LogP contribution is 2.24. The third-order valence-electron chi connectivity index (χ3n) is 4.29. The first-order valence-electron chi connectivity index (χ1n) is 7.17. The SMILES string of the molecule is Cc1ccc(C(C)N(C)C2CCCNCC2)cc1. The van der Waals surface area contributed by atoms with E-state index < -0.39 is 0 Å². The Kier molecular flexibility index (Phi) is 4.79. The van der Waals surface area contributed by atoms with Crippen molar-refractivity contribution in [1.29, 1.82) is 0 Å². The average molecular weight is 246 g/mol. The van der Waals surface area contributed by atoms with Crippen molar-refractivity contribution in [3.8, 4) is 0 Å². The monoisotopic (exact) mass is 246 g/mol. The summed E-state index contributed by atoms with van der Waals surface area (Å²) in [6, 6.07) is 10.2. The van der Waals surface area contributed by atoms with Gasteiger partial charge in [-0.05, 0) is 58.8 Å². The maximum atomic E-state index is 3.49. The molecule has 1 aliphatic heterocycles. The van der Waals surface area contributed by atoms with Crippen LogP contribution in [0.1, 0.15) is 43.4 Å². The van der Waals surface area contributed by atoms with Gasteiger partial charge in [0.15, 0.2) is 0 Å². The summed E-state index contributed by atoms with van der Waals surface area (Å²) < 4.78 is 0. The van der Waals surface area contributed by atoms with Gasteiger partial charge >= 0.3 is 0 Å². The van der Waals surface area contributed by atoms with Gasteiger partial charge in [0.2, 0.25) is 0 Å². The Morgan fingerprint density at radius 3 is 2.61 bits per heavy atom. The van der Waals surface area contributed by atoms with Crippen LogP contribution in [0.2, 0.25) is 0 Å². The van der Waals surface area contributed by atoms with Crippen LogP contribution in [0.4, 0.5) is 0 Å². The molecule has 2 nitrogen and oxygen atoms in total. The number of nitrogens with zero attached hydrogens (tertiary/aromatic N) is 1. The fraction of sp³-hybridized carbons (Fsp3) is 0.625. The molecule has 0 radical (unpaired) electrons. The molecule has 1 heterocycles. The Bertz CT molecular complexity index is 350. The third kappa shape index (κ3) is 3.33. The molecule has 1 aromatic rings. The van der Waals surface area contributed by atoms with Crippen molar-refractivity contribution in [2.24, 2.45) is 0 Å². The maximum Gasteiger partial charge on any atom is 0.0319 e. The molecular formula is C16H26N2. The first-order chi connectivity index (χ1) is 8.68. The van der Waals surface area contributed by atoms with Crippen LogP contribution < -0.4 is 5.32 Å². The fourth-order valence-corrected chi connectivity index (χ4v) is 2.80. The average Bonchev–Trinajstić information content (AvgIpc) is 2.67. The van der Waals surface area contributed by atoms with Gasteiger partial charge in [0.25, 0.3) is 0 Å². The smallest absolute Gasteiger partial charge is 0.0319 e. The molecule has 1 saturated heterocycles. The van der Waals surface area contributed by atoms with Crippen molar-refractivity contribution in [1.82, 2.24) is 10.2 Å². The topological polar surface area (TPSA) is 15.3 Å². The number of benzene rings is 1. The zero-order valence-electron chi connectivity index (χ0n) is 11.9. The summed E-state index contributed by atoms with van der Waals surface area (Å²) in [7, 11) is 2.28. The lowest BCUT2D eigenvalue weighted by atomic mass is 10.0. The minimum absolute atomic E-state index is 0.508. The molecule has 0 bridgehead atoms. The lowest BCUT2D eigenvalue weighted by molar-refractivity contribution is 0.171. The van der Waals surface area contributed by atoms with Gasteiger partial charge in [0.1, 0.15) is 0 Å². The molecule has 18 heavy (non-hydrogen) atoms. The second-order valence-corrected chi connectivity index (χ2v) is 5.59. The molecule has 2 atom stereocenters. The second kappa shape index (κ2) is 6.35. The summed E-state index contributed by atoms with van der Waals surface area (Å²) in [5, 5.41) is 3.49. The van der Waals surface area contributed by atoms with Crippen molar-refractivity contribution in [2.75, 3.05) is 20.1 Å². The molecule has 0 amide bonds. The predicted molar refractivity (Wildman–Crippen MR) is 77.9 cm³/mol. The van der Waals surface area contributed by atoms with Crippen molar-refractivity contribution in [3.05, 3.63) is 35.4 Å². The highest BCUT2D eigenvalue weighted by molar-refractivity contribution is 5.23. The molecular weight excluding hydrogens is 220 g/mol. The van der Waals surface area contributed by atoms with Gasteiger partial charge in [-0.25, -0.2) is 0 Å². The molecule has 0 aliphatic carbocycles. The summed E-state index contributed by atoms with van der Waals surface area (Å²) in [4.78, 5) is 2.55. The van der Waals surface area contributed by atoms with Crippen LogP contribution in [0.15, 0.2) is 24.3 Å². The van der Waals surface area contributed by atoms with E-state index in [1.165, 1.54) is 36.9 Å². The van der Waals surface area contributed by atoms with Crippen LogP contribution in [0.5, 0.6) is 0 Å². The Hall–Kier alpha value is -0.860. The van der Waals surface area contributed by atoms with Crippen molar-refractivity contribution >= 4 is 0 Å². The summed E-state index contributed by atoms with van der Waals surface area (Å²) >= 11 is 0. The number of rotatable bonds is 3. The standard InChI is InChI=1S/C16H26N2/c1-13-6-8-15(9-7-13)14(2)18(3)16-5-4-11-17-12-10-16/h6-9,14,16-17H,4-5,10-12H2,1-3H3. The van der Waals surface area contributed by atoms with Crippen LogP contribution in [0.3, 0.4) is 0 Å². The van der Waals surface area contributed by atoms with E-state index in [0.29, 0.717) is 6.04 Å². The maximum absolute atomic E-state index is 3.49. The van der Waals surface area contributed by atoms with Gasteiger partial charge in [-0.3, -0.25) is 4.90 Å². The van der Waals surface area contributed by atoms with E-state index >= 15 is 0 Å². The zero-order valence-corrected chi connectivity index (χ0v) is 11.9. The van der Waals surface area contributed by atoms with Gasteiger partial charge in [0, 0.05) is 12.1 Å². The molecule has 1 aliphatic rings. The fourth-order valence-electron chi connectivity index (χ4n) is 2.80. The molecule has 0 aromatic heterocycles. The first-order valence-corrected chi connectivity index (χ1v) is 7.17. The molecule has 1 aromatic carbocycles. The molecule has 0 saturated carbocycles. The summed E-state index contributed by atoms with van der Waals surface area (Å²) in [5.74, 6) is 0. The molecule has 1 fully saturated rings. The molecule has 1 N–H and O–H groups in total. The van der Waals surface area contributed by atoms with Crippen LogP contribution in [0.25, 0.3) is 0 Å². The normalized spacial score (nSPS) is 22.8. The third-order valence-corrected chi connectivity index (χ3v) is 4.29. The molecule has 2 heteroatoms. The highest BCUT2D eigenvalue weighted by Gasteiger charge is 2.21. The highest BCUT2D eigenvalue weighted by atomic mass is 15.2. The Morgan fingerprint density at radius 2 is 1.89 bits per heavy atom. The van der Waals surface area contributed by atoms with Crippen LogP contribution in [0, 0.1) is 6.92 Å².